The highest BCUT2D eigenvalue weighted by molar-refractivity contribution is 5.44. The van der Waals surface area contributed by atoms with Crippen LogP contribution in [-0.2, 0) is 6.42 Å². The van der Waals surface area contributed by atoms with E-state index in [0.717, 1.165) is 23.5 Å². The molecule has 0 aromatic heterocycles. The molecule has 1 unspecified atom stereocenters. The van der Waals surface area contributed by atoms with Crippen molar-refractivity contribution >= 4 is 0 Å². The van der Waals surface area contributed by atoms with Gasteiger partial charge in [-0.2, -0.15) is 0 Å². The molecule has 0 amide bonds. The Morgan fingerprint density at radius 3 is 2.47 bits per heavy atom. The average molecular weight is 255 g/mol. The lowest BCUT2D eigenvalue weighted by Gasteiger charge is -2.19. The van der Waals surface area contributed by atoms with Crippen LogP contribution in [0.2, 0.25) is 0 Å². The second-order valence-electron chi connectivity index (χ2n) is 4.70. The Morgan fingerprint density at radius 2 is 1.68 bits per heavy atom. The van der Waals surface area contributed by atoms with E-state index < -0.39 is 0 Å². The molecule has 1 atom stereocenters. The standard InChI is InChI=1S/C16H17NO2/c17-14(13-4-2-1-3-5-13)10-12-6-7-15-16(11-12)19-9-8-18-15/h1-7,11,14H,8-10,17H2. The van der Waals surface area contributed by atoms with Gasteiger partial charge < -0.3 is 15.2 Å². The van der Waals surface area contributed by atoms with Crippen molar-refractivity contribution in [1.82, 2.24) is 0 Å². The molecule has 1 heterocycles. The summed E-state index contributed by atoms with van der Waals surface area (Å²) in [6, 6.07) is 16.2. The maximum absolute atomic E-state index is 6.23. The summed E-state index contributed by atoms with van der Waals surface area (Å²) in [5.41, 5.74) is 8.55. The number of nitrogens with two attached hydrogens (primary N) is 1. The van der Waals surface area contributed by atoms with Gasteiger partial charge in [-0.05, 0) is 29.7 Å². The normalized spacial score (nSPS) is 15.0. The summed E-state index contributed by atoms with van der Waals surface area (Å²) in [7, 11) is 0. The first-order chi connectivity index (χ1) is 9.33. The van der Waals surface area contributed by atoms with Crippen LogP contribution in [0.1, 0.15) is 17.2 Å². The maximum atomic E-state index is 6.23. The van der Waals surface area contributed by atoms with Gasteiger partial charge in [0, 0.05) is 6.04 Å². The monoisotopic (exact) mass is 255 g/mol. The molecule has 0 radical (unpaired) electrons. The van der Waals surface area contributed by atoms with E-state index in [0.29, 0.717) is 13.2 Å². The van der Waals surface area contributed by atoms with Gasteiger partial charge in [0.25, 0.3) is 0 Å². The fraction of sp³-hybridized carbons (Fsp3) is 0.250. The van der Waals surface area contributed by atoms with Gasteiger partial charge in [-0.1, -0.05) is 36.4 Å². The van der Waals surface area contributed by atoms with Crippen LogP contribution in [0.4, 0.5) is 0 Å². The van der Waals surface area contributed by atoms with E-state index in [1.807, 2.05) is 30.3 Å². The quantitative estimate of drug-likeness (QED) is 0.917. The van der Waals surface area contributed by atoms with Crippen molar-refractivity contribution in [3.05, 3.63) is 59.7 Å². The molecule has 1 aliphatic heterocycles. The van der Waals surface area contributed by atoms with Gasteiger partial charge in [-0.25, -0.2) is 0 Å². The van der Waals surface area contributed by atoms with Crippen molar-refractivity contribution in [3.8, 4) is 11.5 Å². The smallest absolute Gasteiger partial charge is 0.161 e. The third-order valence-corrected chi connectivity index (χ3v) is 3.29. The molecule has 1 aliphatic rings. The number of benzene rings is 2. The van der Waals surface area contributed by atoms with E-state index in [1.165, 1.54) is 5.56 Å². The van der Waals surface area contributed by atoms with Crippen LogP contribution >= 0.6 is 0 Å². The summed E-state index contributed by atoms with van der Waals surface area (Å²) < 4.78 is 11.1. The van der Waals surface area contributed by atoms with Gasteiger partial charge in [0.2, 0.25) is 0 Å². The largest absolute Gasteiger partial charge is 0.486 e. The molecule has 0 saturated carbocycles. The van der Waals surface area contributed by atoms with Gasteiger partial charge in [0.15, 0.2) is 11.5 Å². The molecule has 2 aromatic rings. The highest BCUT2D eigenvalue weighted by Gasteiger charge is 2.13. The summed E-state index contributed by atoms with van der Waals surface area (Å²) in [5.74, 6) is 1.65. The van der Waals surface area contributed by atoms with Gasteiger partial charge in [0.1, 0.15) is 13.2 Å². The Hall–Kier alpha value is -2.00. The van der Waals surface area contributed by atoms with Crippen molar-refractivity contribution in [2.75, 3.05) is 13.2 Å². The predicted molar refractivity (Wildman–Crippen MR) is 74.5 cm³/mol. The number of fused-ring (bicyclic) bond motifs is 1. The minimum Gasteiger partial charge on any atom is -0.486 e. The van der Waals surface area contributed by atoms with Gasteiger partial charge >= 0.3 is 0 Å². The second kappa shape index (κ2) is 5.33. The molecule has 0 spiro atoms. The fourth-order valence-electron chi connectivity index (χ4n) is 2.29. The van der Waals surface area contributed by atoms with E-state index in [1.54, 1.807) is 0 Å². The zero-order valence-electron chi connectivity index (χ0n) is 10.7. The molecule has 2 aromatic carbocycles. The first kappa shape index (κ1) is 12.1. The topological polar surface area (TPSA) is 44.5 Å². The van der Waals surface area contributed by atoms with Crippen molar-refractivity contribution in [2.45, 2.75) is 12.5 Å². The molecule has 0 bridgehead atoms. The Morgan fingerprint density at radius 1 is 0.947 bits per heavy atom. The van der Waals surface area contributed by atoms with Crippen LogP contribution in [-0.4, -0.2) is 13.2 Å². The lowest BCUT2D eigenvalue weighted by Crippen LogP contribution is -2.16. The van der Waals surface area contributed by atoms with E-state index in [9.17, 15) is 0 Å². The van der Waals surface area contributed by atoms with Gasteiger partial charge in [-0.15, -0.1) is 0 Å². The lowest BCUT2D eigenvalue weighted by molar-refractivity contribution is 0.171. The summed E-state index contributed by atoms with van der Waals surface area (Å²) >= 11 is 0. The Kier molecular flexibility index (Phi) is 3.38. The summed E-state index contributed by atoms with van der Waals surface area (Å²) in [6.07, 6.45) is 0.792. The number of ether oxygens (including phenoxy) is 2. The maximum Gasteiger partial charge on any atom is 0.161 e. The van der Waals surface area contributed by atoms with Crippen molar-refractivity contribution < 1.29 is 9.47 Å². The van der Waals surface area contributed by atoms with Gasteiger partial charge in [0.05, 0.1) is 0 Å². The van der Waals surface area contributed by atoms with Crippen LogP contribution < -0.4 is 15.2 Å². The number of rotatable bonds is 3. The molecule has 0 aliphatic carbocycles. The first-order valence-electron chi connectivity index (χ1n) is 6.52. The minimum atomic E-state index is 0.00348. The van der Waals surface area contributed by atoms with Gasteiger partial charge in [-0.3, -0.25) is 0 Å². The summed E-state index contributed by atoms with van der Waals surface area (Å²) in [4.78, 5) is 0. The molecule has 3 nitrogen and oxygen atoms in total. The predicted octanol–water partition coefficient (Wildman–Crippen LogP) is 2.70. The third-order valence-electron chi connectivity index (χ3n) is 3.29. The van der Waals surface area contributed by atoms with Crippen molar-refractivity contribution in [2.24, 2.45) is 5.73 Å². The van der Waals surface area contributed by atoms with Crippen LogP contribution in [0.5, 0.6) is 11.5 Å². The molecule has 0 fully saturated rings. The average Bonchev–Trinajstić information content (AvgIpc) is 2.48. The Balaban J connectivity index is 1.76. The van der Waals surface area contributed by atoms with Crippen LogP contribution in [0.15, 0.2) is 48.5 Å². The van der Waals surface area contributed by atoms with Crippen LogP contribution in [0, 0.1) is 0 Å². The molecule has 3 heteroatoms. The summed E-state index contributed by atoms with van der Waals surface area (Å²) in [5, 5.41) is 0. The second-order valence-corrected chi connectivity index (χ2v) is 4.70. The zero-order valence-corrected chi connectivity index (χ0v) is 10.7. The van der Waals surface area contributed by atoms with Crippen molar-refractivity contribution in [1.29, 1.82) is 0 Å². The zero-order chi connectivity index (χ0) is 13.1. The van der Waals surface area contributed by atoms with E-state index in [2.05, 4.69) is 18.2 Å². The van der Waals surface area contributed by atoms with Crippen LogP contribution in [0.25, 0.3) is 0 Å². The molecule has 98 valence electrons. The molecular formula is C16H17NO2. The molecule has 19 heavy (non-hydrogen) atoms. The summed E-state index contributed by atoms with van der Waals surface area (Å²) in [6.45, 7) is 1.23. The lowest BCUT2D eigenvalue weighted by atomic mass is 9.99. The number of hydrogen-bond donors (Lipinski definition) is 1. The third kappa shape index (κ3) is 2.71. The van der Waals surface area contributed by atoms with E-state index >= 15 is 0 Å². The molecule has 3 rings (SSSR count). The van der Waals surface area contributed by atoms with Crippen molar-refractivity contribution in [3.63, 3.8) is 0 Å². The highest BCUT2D eigenvalue weighted by atomic mass is 16.6. The Bertz CT molecular complexity index is 554. The van der Waals surface area contributed by atoms with E-state index in [-0.39, 0.29) is 6.04 Å². The van der Waals surface area contributed by atoms with Crippen LogP contribution in [0.3, 0.4) is 0 Å². The Labute approximate surface area is 113 Å². The minimum absolute atomic E-state index is 0.00348. The fourth-order valence-corrected chi connectivity index (χ4v) is 2.29. The first-order valence-corrected chi connectivity index (χ1v) is 6.52. The van der Waals surface area contributed by atoms with E-state index in [4.69, 9.17) is 15.2 Å². The highest BCUT2D eigenvalue weighted by Crippen LogP contribution is 2.31. The SMILES string of the molecule is NC(Cc1ccc2c(c1)OCCO2)c1ccccc1. The molecular weight excluding hydrogens is 238 g/mol. The molecule has 2 N–H and O–H groups in total. The number of hydrogen-bond acceptors (Lipinski definition) is 3. The molecule has 0 saturated heterocycles.